The summed E-state index contributed by atoms with van der Waals surface area (Å²) in [6, 6.07) is 7.17. The molecule has 0 aliphatic heterocycles. The Balaban J connectivity index is 2.00. The molecule has 1 aromatic carbocycles. The minimum Gasteiger partial charge on any atom is -0.305 e. The van der Waals surface area contributed by atoms with E-state index in [1.165, 1.54) is 36.4 Å². The smallest absolute Gasteiger partial charge is 0.305 e. The van der Waals surface area contributed by atoms with E-state index >= 15 is 0 Å². The van der Waals surface area contributed by atoms with Crippen LogP contribution < -0.4 is 9.94 Å². The molecule has 2 aromatic heterocycles. The summed E-state index contributed by atoms with van der Waals surface area (Å²) in [5, 5.41) is 15.8. The Bertz CT molecular complexity index is 1370. The number of primary sulfonamides is 1. The summed E-state index contributed by atoms with van der Waals surface area (Å²) in [6.45, 7) is 0.127. The van der Waals surface area contributed by atoms with Gasteiger partial charge in [-0.15, -0.1) is 6.42 Å². The maximum absolute atomic E-state index is 12.2. The standard InChI is InChI=1S/C17H12N4O5S3/c1-2-9-20-13-6-5-12(29(18,25)26)10-14(13)28-17(20)19-15(22)7-3-11-4-8-16(27-11)21(23)24/h1,3-8,10H,9H2,(H2,18,25,26)/b7-3-,19-17?. The van der Waals surface area contributed by atoms with Crippen LogP contribution >= 0.6 is 22.7 Å². The summed E-state index contributed by atoms with van der Waals surface area (Å²) < 4.78 is 25.3. The number of hydrogen-bond donors (Lipinski definition) is 1. The second-order valence-electron chi connectivity index (χ2n) is 5.57. The van der Waals surface area contributed by atoms with Gasteiger partial charge in [-0.1, -0.05) is 28.6 Å². The highest BCUT2D eigenvalue weighted by Gasteiger charge is 2.13. The van der Waals surface area contributed by atoms with Gasteiger partial charge in [0.2, 0.25) is 10.0 Å². The molecule has 2 heterocycles. The van der Waals surface area contributed by atoms with Gasteiger partial charge in [0, 0.05) is 17.0 Å². The van der Waals surface area contributed by atoms with Crippen LogP contribution in [0, 0.1) is 22.5 Å². The molecule has 0 unspecified atom stereocenters. The zero-order valence-electron chi connectivity index (χ0n) is 14.5. The highest BCUT2D eigenvalue weighted by Crippen LogP contribution is 2.25. The number of benzene rings is 1. The number of sulfonamides is 1. The minimum atomic E-state index is -3.88. The third-order valence-corrected chi connectivity index (χ3v) is 6.58. The Morgan fingerprint density at radius 1 is 1.34 bits per heavy atom. The molecule has 1 amide bonds. The van der Waals surface area contributed by atoms with Crippen molar-refractivity contribution in [3.63, 3.8) is 0 Å². The number of carbonyl (C=O) groups excluding carboxylic acids is 1. The average molecular weight is 449 g/mol. The summed E-state index contributed by atoms with van der Waals surface area (Å²) in [5.41, 5.74) is 0.616. The van der Waals surface area contributed by atoms with Gasteiger partial charge in [-0.3, -0.25) is 14.9 Å². The predicted molar refractivity (Wildman–Crippen MR) is 111 cm³/mol. The van der Waals surface area contributed by atoms with E-state index in [4.69, 9.17) is 11.6 Å². The van der Waals surface area contributed by atoms with Gasteiger partial charge >= 0.3 is 5.00 Å². The number of thiazole rings is 1. The van der Waals surface area contributed by atoms with Crippen molar-refractivity contribution in [2.45, 2.75) is 11.4 Å². The van der Waals surface area contributed by atoms with Crippen LogP contribution in [0.1, 0.15) is 4.88 Å². The fourth-order valence-electron chi connectivity index (χ4n) is 2.37. The van der Waals surface area contributed by atoms with Gasteiger partial charge in [-0.25, -0.2) is 13.6 Å². The van der Waals surface area contributed by atoms with Gasteiger partial charge in [0.25, 0.3) is 5.91 Å². The van der Waals surface area contributed by atoms with Crippen molar-refractivity contribution in [3.05, 3.63) is 56.2 Å². The zero-order valence-corrected chi connectivity index (χ0v) is 17.0. The number of thiophene rings is 1. The van der Waals surface area contributed by atoms with Crippen LogP contribution in [0.3, 0.4) is 0 Å². The number of rotatable bonds is 5. The normalized spacial score (nSPS) is 12.5. The lowest BCUT2D eigenvalue weighted by atomic mass is 10.3. The van der Waals surface area contributed by atoms with Crippen LogP contribution in [-0.2, 0) is 21.4 Å². The molecule has 0 saturated carbocycles. The molecule has 29 heavy (non-hydrogen) atoms. The lowest BCUT2D eigenvalue weighted by Gasteiger charge is -2.01. The number of nitro groups is 1. The van der Waals surface area contributed by atoms with Crippen molar-refractivity contribution in [1.29, 1.82) is 0 Å². The topological polar surface area (TPSA) is 138 Å². The van der Waals surface area contributed by atoms with Crippen LogP contribution in [0.15, 0.2) is 46.3 Å². The van der Waals surface area contributed by atoms with Crippen LogP contribution in [0.25, 0.3) is 16.3 Å². The second-order valence-corrected chi connectivity index (χ2v) is 9.23. The molecule has 0 saturated heterocycles. The van der Waals surface area contributed by atoms with E-state index in [0.717, 1.165) is 22.7 Å². The second kappa shape index (κ2) is 8.10. The summed E-state index contributed by atoms with van der Waals surface area (Å²) in [5.74, 6) is 1.87. The predicted octanol–water partition coefficient (Wildman–Crippen LogP) is 2.09. The number of amides is 1. The monoisotopic (exact) mass is 448 g/mol. The van der Waals surface area contributed by atoms with Gasteiger partial charge in [0.05, 0.1) is 26.6 Å². The van der Waals surface area contributed by atoms with Crippen LogP contribution in [0.2, 0.25) is 0 Å². The Kier molecular flexibility index (Phi) is 5.76. The molecule has 0 aliphatic carbocycles. The summed E-state index contributed by atoms with van der Waals surface area (Å²) in [6.07, 6.45) is 8.02. The lowest BCUT2D eigenvalue weighted by molar-refractivity contribution is -0.380. The summed E-state index contributed by atoms with van der Waals surface area (Å²) in [4.78, 5) is 27.2. The molecular weight excluding hydrogens is 436 g/mol. The number of nitrogens with two attached hydrogens (primary N) is 1. The first-order valence-electron chi connectivity index (χ1n) is 7.79. The molecule has 0 bridgehead atoms. The van der Waals surface area contributed by atoms with Gasteiger partial charge in [-0.05, 0) is 30.3 Å². The molecule has 0 atom stereocenters. The molecule has 148 valence electrons. The van der Waals surface area contributed by atoms with Crippen molar-refractivity contribution in [3.8, 4) is 12.3 Å². The van der Waals surface area contributed by atoms with Gasteiger partial charge in [-0.2, -0.15) is 4.99 Å². The molecular formula is C17H12N4O5S3. The first-order chi connectivity index (χ1) is 13.7. The van der Waals surface area contributed by atoms with E-state index in [1.54, 1.807) is 10.6 Å². The highest BCUT2D eigenvalue weighted by molar-refractivity contribution is 7.89. The van der Waals surface area contributed by atoms with Crippen molar-refractivity contribution in [1.82, 2.24) is 4.57 Å². The van der Waals surface area contributed by atoms with Crippen molar-refractivity contribution in [2.75, 3.05) is 0 Å². The molecule has 3 rings (SSSR count). The number of aromatic nitrogens is 1. The van der Waals surface area contributed by atoms with Gasteiger partial charge < -0.3 is 4.57 Å². The summed E-state index contributed by atoms with van der Waals surface area (Å²) >= 11 is 2.02. The molecule has 0 fully saturated rings. The Morgan fingerprint density at radius 3 is 2.72 bits per heavy atom. The number of nitrogens with zero attached hydrogens (tertiary/aromatic N) is 3. The average Bonchev–Trinajstić information content (AvgIpc) is 3.24. The van der Waals surface area contributed by atoms with E-state index < -0.39 is 20.9 Å². The van der Waals surface area contributed by atoms with Crippen molar-refractivity contribution in [2.24, 2.45) is 10.1 Å². The molecule has 0 radical (unpaired) electrons. The fraction of sp³-hybridized carbons (Fsp3) is 0.0588. The fourth-order valence-corrected chi connectivity index (χ4v) is 4.79. The van der Waals surface area contributed by atoms with Crippen LogP contribution in [0.4, 0.5) is 5.00 Å². The van der Waals surface area contributed by atoms with Crippen LogP contribution in [0.5, 0.6) is 0 Å². The third-order valence-electron chi connectivity index (χ3n) is 3.62. The van der Waals surface area contributed by atoms with E-state index in [2.05, 4.69) is 10.9 Å². The van der Waals surface area contributed by atoms with Gasteiger partial charge in [0.1, 0.15) is 0 Å². The first-order valence-corrected chi connectivity index (χ1v) is 11.0. The molecule has 9 nitrogen and oxygen atoms in total. The molecule has 2 N–H and O–H groups in total. The first kappa shape index (κ1) is 20.6. The number of terminal acetylenes is 1. The SMILES string of the molecule is C#CCn1c(=NC(=O)/C=C\c2ccc([N+](=O)[O-])s2)sc2cc(S(N)(=O)=O)ccc21. The molecule has 3 aromatic rings. The molecule has 12 heteroatoms. The van der Waals surface area contributed by atoms with Gasteiger partial charge in [0.15, 0.2) is 4.80 Å². The Morgan fingerprint density at radius 2 is 2.10 bits per heavy atom. The van der Waals surface area contributed by atoms with E-state index in [9.17, 15) is 23.3 Å². The highest BCUT2D eigenvalue weighted by atomic mass is 32.2. The summed E-state index contributed by atoms with van der Waals surface area (Å²) in [7, 11) is -3.88. The number of carbonyl (C=O) groups is 1. The van der Waals surface area contributed by atoms with E-state index in [0.29, 0.717) is 15.1 Å². The molecule has 0 aliphatic rings. The minimum absolute atomic E-state index is 0.0314. The third kappa shape index (κ3) is 4.66. The molecule has 0 spiro atoms. The van der Waals surface area contributed by atoms with Crippen molar-refractivity contribution >= 4 is 59.9 Å². The van der Waals surface area contributed by atoms with E-state index in [1.807, 2.05) is 0 Å². The zero-order chi connectivity index (χ0) is 21.2. The Hall–Kier alpha value is -3.11. The maximum Gasteiger partial charge on any atom is 0.324 e. The lowest BCUT2D eigenvalue weighted by Crippen LogP contribution is -2.16. The largest absolute Gasteiger partial charge is 0.324 e. The van der Waals surface area contributed by atoms with Crippen LogP contribution in [-0.4, -0.2) is 23.8 Å². The quantitative estimate of drug-likeness (QED) is 0.276. The Labute approximate surface area is 172 Å². The van der Waals surface area contributed by atoms with E-state index in [-0.39, 0.29) is 21.2 Å². The maximum atomic E-state index is 12.2. The number of fused-ring (bicyclic) bond motifs is 1. The van der Waals surface area contributed by atoms with Crippen molar-refractivity contribution < 1.29 is 18.1 Å². The number of hydrogen-bond acceptors (Lipinski definition) is 7.